The van der Waals surface area contributed by atoms with Gasteiger partial charge in [0.15, 0.2) is 0 Å². The molecule has 1 atom stereocenters. The number of hydrogen-bond acceptors (Lipinski definition) is 2. The number of nitrogens with two attached hydrogens (primary N) is 1. The Kier molecular flexibility index (Phi) is 4.52. The Balaban J connectivity index is 2.40. The number of alkyl halides is 2. The number of benzene rings is 2. The van der Waals surface area contributed by atoms with E-state index in [2.05, 4.69) is 4.74 Å². The van der Waals surface area contributed by atoms with Gasteiger partial charge < -0.3 is 10.5 Å². The topological polar surface area (TPSA) is 35.2 Å². The highest BCUT2D eigenvalue weighted by molar-refractivity contribution is 6.30. The summed E-state index contributed by atoms with van der Waals surface area (Å²) < 4.78 is 42.9. The van der Waals surface area contributed by atoms with Gasteiger partial charge in [-0.25, -0.2) is 4.39 Å². The van der Waals surface area contributed by atoms with E-state index in [1.165, 1.54) is 30.3 Å². The zero-order valence-corrected chi connectivity index (χ0v) is 10.9. The molecule has 0 heterocycles. The Morgan fingerprint density at radius 1 is 1.05 bits per heavy atom. The van der Waals surface area contributed by atoms with Crippen molar-refractivity contribution in [3.8, 4) is 5.75 Å². The van der Waals surface area contributed by atoms with Crippen LogP contribution < -0.4 is 10.5 Å². The molecule has 0 spiro atoms. The van der Waals surface area contributed by atoms with Gasteiger partial charge in [-0.2, -0.15) is 8.78 Å². The Bertz CT molecular complexity index is 607. The molecule has 0 aliphatic heterocycles. The minimum atomic E-state index is -2.97. The van der Waals surface area contributed by atoms with Crippen molar-refractivity contribution in [1.82, 2.24) is 0 Å². The summed E-state index contributed by atoms with van der Waals surface area (Å²) in [7, 11) is 0. The van der Waals surface area contributed by atoms with Gasteiger partial charge in [0.1, 0.15) is 11.6 Å². The summed E-state index contributed by atoms with van der Waals surface area (Å²) in [5.41, 5.74) is 6.36. The lowest BCUT2D eigenvalue weighted by molar-refractivity contribution is -0.0505. The molecule has 2 rings (SSSR count). The molecule has 2 N–H and O–H groups in total. The highest BCUT2D eigenvalue weighted by atomic mass is 35.5. The van der Waals surface area contributed by atoms with E-state index in [0.717, 1.165) is 6.07 Å². The standard InChI is InChI=1S/C14H11ClF3NO/c15-8-5-6-9(11(16)7-8)13(19)10-3-1-2-4-12(10)20-14(17)18/h1-7,13-14H,19H2. The smallest absolute Gasteiger partial charge is 0.387 e. The van der Waals surface area contributed by atoms with Crippen molar-refractivity contribution in [1.29, 1.82) is 0 Å². The largest absolute Gasteiger partial charge is 0.434 e. The molecule has 2 aromatic rings. The Hall–Kier alpha value is -1.72. The maximum absolute atomic E-state index is 13.8. The van der Waals surface area contributed by atoms with Gasteiger partial charge in [0.2, 0.25) is 0 Å². The average Bonchev–Trinajstić information content (AvgIpc) is 2.38. The quantitative estimate of drug-likeness (QED) is 0.921. The van der Waals surface area contributed by atoms with E-state index >= 15 is 0 Å². The predicted molar refractivity (Wildman–Crippen MR) is 70.5 cm³/mol. The minimum Gasteiger partial charge on any atom is -0.434 e. The molecule has 0 aliphatic rings. The van der Waals surface area contributed by atoms with Crippen LogP contribution in [-0.4, -0.2) is 6.61 Å². The van der Waals surface area contributed by atoms with Crippen LogP contribution in [0.3, 0.4) is 0 Å². The van der Waals surface area contributed by atoms with Crippen molar-refractivity contribution >= 4 is 11.6 Å². The maximum atomic E-state index is 13.8. The van der Waals surface area contributed by atoms with E-state index in [1.807, 2.05) is 0 Å². The summed E-state index contributed by atoms with van der Waals surface area (Å²) in [5, 5.41) is 0.232. The first-order valence-corrected chi connectivity index (χ1v) is 6.11. The molecule has 0 amide bonds. The molecule has 0 saturated carbocycles. The minimum absolute atomic E-state index is 0.0793. The van der Waals surface area contributed by atoms with Crippen LogP contribution in [-0.2, 0) is 0 Å². The summed E-state index contributed by atoms with van der Waals surface area (Å²) in [6, 6.07) is 9.10. The van der Waals surface area contributed by atoms with Crippen molar-refractivity contribution in [2.75, 3.05) is 0 Å². The number of hydrogen-bond donors (Lipinski definition) is 1. The van der Waals surface area contributed by atoms with Gasteiger partial charge in [-0.3, -0.25) is 0 Å². The Morgan fingerprint density at radius 2 is 1.75 bits per heavy atom. The molecule has 106 valence electrons. The first-order chi connectivity index (χ1) is 9.49. The second kappa shape index (κ2) is 6.15. The molecule has 0 fully saturated rings. The number of para-hydroxylation sites is 1. The molecule has 1 unspecified atom stereocenters. The first kappa shape index (κ1) is 14.7. The van der Waals surface area contributed by atoms with Crippen molar-refractivity contribution in [3.05, 3.63) is 64.4 Å². The summed E-state index contributed by atoms with van der Waals surface area (Å²) in [4.78, 5) is 0. The molecule has 0 saturated heterocycles. The lowest BCUT2D eigenvalue weighted by atomic mass is 9.98. The van der Waals surface area contributed by atoms with Gasteiger partial charge in [-0.1, -0.05) is 35.9 Å². The van der Waals surface area contributed by atoms with Gasteiger partial charge in [0.05, 0.1) is 6.04 Å². The second-order valence-electron chi connectivity index (χ2n) is 4.06. The normalized spacial score (nSPS) is 12.5. The van der Waals surface area contributed by atoms with E-state index in [-0.39, 0.29) is 21.9 Å². The van der Waals surface area contributed by atoms with Gasteiger partial charge in [-0.05, 0) is 18.2 Å². The maximum Gasteiger partial charge on any atom is 0.387 e. The predicted octanol–water partition coefficient (Wildman–Crippen LogP) is 4.13. The van der Waals surface area contributed by atoms with Crippen molar-refractivity contribution in [2.24, 2.45) is 5.73 Å². The number of rotatable bonds is 4. The monoisotopic (exact) mass is 301 g/mol. The van der Waals surface area contributed by atoms with E-state index in [1.54, 1.807) is 6.07 Å². The summed E-state index contributed by atoms with van der Waals surface area (Å²) >= 11 is 5.66. The van der Waals surface area contributed by atoms with Gasteiger partial charge in [0.25, 0.3) is 0 Å². The Morgan fingerprint density at radius 3 is 2.40 bits per heavy atom. The molecule has 20 heavy (non-hydrogen) atoms. The van der Waals surface area contributed by atoms with Crippen LogP contribution in [0.15, 0.2) is 42.5 Å². The zero-order valence-electron chi connectivity index (χ0n) is 10.2. The fourth-order valence-corrected chi connectivity index (χ4v) is 2.02. The molecular formula is C14H11ClF3NO. The third-order valence-corrected chi connectivity index (χ3v) is 3.00. The van der Waals surface area contributed by atoms with Crippen LogP contribution in [0, 0.1) is 5.82 Å². The van der Waals surface area contributed by atoms with E-state index in [9.17, 15) is 13.2 Å². The molecule has 0 bridgehead atoms. The molecule has 6 heteroatoms. The Labute approximate surface area is 118 Å². The summed E-state index contributed by atoms with van der Waals surface area (Å²) in [6.07, 6.45) is 0. The first-order valence-electron chi connectivity index (χ1n) is 5.73. The molecule has 2 aromatic carbocycles. The van der Waals surface area contributed by atoms with Crippen LogP contribution >= 0.6 is 11.6 Å². The van der Waals surface area contributed by atoms with Crippen LogP contribution in [0.4, 0.5) is 13.2 Å². The van der Waals surface area contributed by atoms with Crippen molar-refractivity contribution < 1.29 is 17.9 Å². The van der Waals surface area contributed by atoms with E-state index in [0.29, 0.717) is 0 Å². The highest BCUT2D eigenvalue weighted by Crippen LogP contribution is 2.31. The summed E-state index contributed by atoms with van der Waals surface area (Å²) in [6.45, 7) is -2.97. The molecule has 0 aromatic heterocycles. The number of halogens is 4. The fraction of sp³-hybridized carbons (Fsp3) is 0.143. The van der Waals surface area contributed by atoms with Gasteiger partial charge in [-0.15, -0.1) is 0 Å². The lowest BCUT2D eigenvalue weighted by Crippen LogP contribution is -2.16. The van der Waals surface area contributed by atoms with Crippen molar-refractivity contribution in [3.63, 3.8) is 0 Å². The zero-order chi connectivity index (χ0) is 14.7. The third-order valence-electron chi connectivity index (χ3n) is 2.77. The molecule has 2 nitrogen and oxygen atoms in total. The third kappa shape index (κ3) is 3.23. The molecule has 0 aliphatic carbocycles. The SMILES string of the molecule is NC(c1ccc(Cl)cc1F)c1ccccc1OC(F)F. The van der Waals surface area contributed by atoms with Crippen molar-refractivity contribution in [2.45, 2.75) is 12.7 Å². The fourth-order valence-electron chi connectivity index (χ4n) is 1.86. The highest BCUT2D eigenvalue weighted by Gasteiger charge is 2.19. The molecular weight excluding hydrogens is 291 g/mol. The van der Waals surface area contributed by atoms with Crippen LogP contribution in [0.2, 0.25) is 5.02 Å². The average molecular weight is 302 g/mol. The second-order valence-corrected chi connectivity index (χ2v) is 4.50. The van der Waals surface area contributed by atoms with Crippen LogP contribution in [0.5, 0.6) is 5.75 Å². The van der Waals surface area contributed by atoms with Gasteiger partial charge >= 0.3 is 6.61 Å². The van der Waals surface area contributed by atoms with Crippen LogP contribution in [0.1, 0.15) is 17.2 Å². The molecule has 0 radical (unpaired) electrons. The van der Waals surface area contributed by atoms with E-state index in [4.69, 9.17) is 17.3 Å². The van der Waals surface area contributed by atoms with Crippen LogP contribution in [0.25, 0.3) is 0 Å². The van der Waals surface area contributed by atoms with E-state index < -0.39 is 18.5 Å². The number of ether oxygens (including phenoxy) is 1. The van der Waals surface area contributed by atoms with Gasteiger partial charge in [0, 0.05) is 16.1 Å². The summed E-state index contributed by atoms with van der Waals surface area (Å²) in [5.74, 6) is -0.679. The lowest BCUT2D eigenvalue weighted by Gasteiger charge is -2.17.